The molecule has 7 nitrogen and oxygen atoms in total. The van der Waals surface area contributed by atoms with Crippen LogP contribution in [-0.2, 0) is 20.0 Å². The van der Waals surface area contributed by atoms with Crippen LogP contribution in [0.5, 0.6) is 0 Å². The average Bonchev–Trinajstić information content (AvgIpc) is 3.19. The van der Waals surface area contributed by atoms with Crippen LogP contribution < -0.4 is 5.32 Å². The third-order valence-electron chi connectivity index (χ3n) is 3.94. The third kappa shape index (κ3) is 5.15. The van der Waals surface area contributed by atoms with E-state index in [9.17, 15) is 16.8 Å². The first-order chi connectivity index (χ1) is 13.2. The van der Waals surface area contributed by atoms with Gasteiger partial charge in [-0.2, -0.15) is 12.7 Å². The molecular weight excluding hydrogens is 438 g/mol. The number of anilines is 1. The Morgan fingerprint density at radius 3 is 2.39 bits per heavy atom. The molecule has 0 atom stereocenters. The molecule has 0 aliphatic rings. The molecule has 0 aliphatic heterocycles. The first-order valence-corrected chi connectivity index (χ1v) is 13.4. The summed E-state index contributed by atoms with van der Waals surface area (Å²) < 4.78 is 55.7. The molecule has 154 valence electrons. The fourth-order valence-corrected chi connectivity index (χ4v) is 6.51. The molecule has 28 heavy (non-hydrogen) atoms. The van der Waals surface area contributed by atoms with E-state index in [-0.39, 0.29) is 14.3 Å². The van der Waals surface area contributed by atoms with E-state index in [2.05, 4.69) is 9.71 Å². The zero-order valence-corrected chi connectivity index (χ0v) is 19.3. The summed E-state index contributed by atoms with van der Waals surface area (Å²) in [5, 5.41) is 4.79. The van der Waals surface area contributed by atoms with Crippen LogP contribution in [0.25, 0.3) is 0 Å². The second kappa shape index (κ2) is 9.40. The van der Waals surface area contributed by atoms with Crippen LogP contribution in [0.4, 0.5) is 5.69 Å². The van der Waals surface area contributed by atoms with Crippen molar-refractivity contribution in [3.05, 3.63) is 41.3 Å². The van der Waals surface area contributed by atoms with Gasteiger partial charge in [0, 0.05) is 18.8 Å². The van der Waals surface area contributed by atoms with Gasteiger partial charge in [-0.15, -0.1) is 15.7 Å². The van der Waals surface area contributed by atoms with E-state index in [1.807, 2.05) is 6.92 Å². The Morgan fingerprint density at radius 2 is 1.86 bits per heavy atom. The minimum Gasteiger partial charge on any atom is -0.334 e. The van der Waals surface area contributed by atoms with E-state index in [0.717, 1.165) is 28.7 Å². The van der Waals surface area contributed by atoms with Crippen molar-refractivity contribution in [2.24, 2.45) is 4.40 Å². The first-order valence-electron chi connectivity index (χ1n) is 8.46. The van der Waals surface area contributed by atoms with E-state index >= 15 is 0 Å². The topological polar surface area (TPSA) is 95.9 Å². The Morgan fingerprint density at radius 1 is 1.18 bits per heavy atom. The summed E-state index contributed by atoms with van der Waals surface area (Å²) in [6.07, 6.45) is 1.70. The number of thioether (sulfide) groups is 1. The van der Waals surface area contributed by atoms with Gasteiger partial charge in [-0.1, -0.05) is 37.7 Å². The van der Waals surface area contributed by atoms with Gasteiger partial charge in [-0.05, 0) is 42.3 Å². The number of hydrogen-bond acceptors (Lipinski definition) is 6. The van der Waals surface area contributed by atoms with Crippen molar-refractivity contribution in [1.29, 1.82) is 0 Å². The van der Waals surface area contributed by atoms with Crippen LogP contribution in [0.1, 0.15) is 19.4 Å². The lowest BCUT2D eigenvalue weighted by molar-refractivity contribution is 0.445. The number of nitrogens with one attached hydrogen (secondary N) is 1. The minimum absolute atomic E-state index is 0.144. The summed E-state index contributed by atoms with van der Waals surface area (Å²) >= 11 is 2.22. The van der Waals surface area contributed by atoms with Crippen molar-refractivity contribution in [1.82, 2.24) is 4.31 Å². The highest BCUT2D eigenvalue weighted by molar-refractivity contribution is 8.14. The average molecular weight is 462 g/mol. The predicted octanol–water partition coefficient (Wildman–Crippen LogP) is 3.61. The summed E-state index contributed by atoms with van der Waals surface area (Å²) in [5.74, 6) is 0. The zero-order chi connectivity index (χ0) is 20.9. The molecule has 1 aromatic heterocycles. The molecule has 0 fully saturated rings. The van der Waals surface area contributed by atoms with Gasteiger partial charge < -0.3 is 5.32 Å². The van der Waals surface area contributed by atoms with Crippen LogP contribution in [0.3, 0.4) is 0 Å². The van der Waals surface area contributed by atoms with E-state index < -0.39 is 20.0 Å². The van der Waals surface area contributed by atoms with Crippen LogP contribution in [-0.4, -0.2) is 45.7 Å². The standard InChI is InChI=1S/C17H23N3O4S4/c1-5-20(6-2)28(23,24)14-10-9-13(3)15(12-14)18-17(25-4)19-27(21,22)16-8-7-11-26-16/h7-12H,5-6H2,1-4H3,(H,18,19). The van der Waals surface area contributed by atoms with E-state index in [1.54, 1.807) is 43.7 Å². The molecule has 2 aromatic rings. The summed E-state index contributed by atoms with van der Waals surface area (Å²) in [6, 6.07) is 7.87. The number of aryl methyl sites for hydroxylation is 1. The highest BCUT2D eigenvalue weighted by atomic mass is 32.2. The summed E-state index contributed by atoms with van der Waals surface area (Å²) in [6.45, 7) is 6.10. The molecule has 0 bridgehead atoms. The van der Waals surface area contributed by atoms with E-state index in [4.69, 9.17) is 0 Å². The molecule has 11 heteroatoms. The van der Waals surface area contributed by atoms with Gasteiger partial charge in [-0.25, -0.2) is 8.42 Å². The Hall–Kier alpha value is -1.40. The van der Waals surface area contributed by atoms with Gasteiger partial charge in [0.1, 0.15) is 4.21 Å². The lowest BCUT2D eigenvalue weighted by Crippen LogP contribution is -2.30. The number of sulfonamides is 2. The number of amidine groups is 1. The number of thiophene rings is 1. The van der Waals surface area contributed by atoms with Crippen LogP contribution in [0.2, 0.25) is 0 Å². The lowest BCUT2D eigenvalue weighted by atomic mass is 10.2. The molecule has 0 spiro atoms. The normalized spacial score (nSPS) is 13.1. The molecule has 0 amide bonds. The van der Waals surface area contributed by atoms with E-state index in [1.165, 1.54) is 16.4 Å². The van der Waals surface area contributed by atoms with Crippen molar-refractivity contribution >= 4 is 54.0 Å². The van der Waals surface area contributed by atoms with Crippen LogP contribution >= 0.6 is 23.1 Å². The van der Waals surface area contributed by atoms with Crippen molar-refractivity contribution in [3.8, 4) is 0 Å². The van der Waals surface area contributed by atoms with Gasteiger partial charge in [-0.3, -0.25) is 0 Å². The number of rotatable bonds is 7. The molecule has 0 aliphatic carbocycles. The van der Waals surface area contributed by atoms with Crippen molar-refractivity contribution in [3.63, 3.8) is 0 Å². The van der Waals surface area contributed by atoms with E-state index in [0.29, 0.717) is 18.8 Å². The highest BCUT2D eigenvalue weighted by Crippen LogP contribution is 2.25. The largest absolute Gasteiger partial charge is 0.334 e. The number of nitrogens with zero attached hydrogens (tertiary/aromatic N) is 2. The molecule has 1 heterocycles. The first kappa shape index (κ1) is 22.9. The Kier molecular flexibility index (Phi) is 7.68. The zero-order valence-electron chi connectivity index (χ0n) is 16.0. The number of benzene rings is 1. The molecule has 0 radical (unpaired) electrons. The smallest absolute Gasteiger partial charge is 0.294 e. The molecule has 1 N–H and O–H groups in total. The Balaban J connectivity index is 2.41. The van der Waals surface area contributed by atoms with Gasteiger partial charge >= 0.3 is 0 Å². The summed E-state index contributed by atoms with van der Waals surface area (Å²) in [4.78, 5) is 0.144. The molecule has 2 rings (SSSR count). The van der Waals surface area contributed by atoms with Crippen molar-refractivity contribution in [2.45, 2.75) is 29.9 Å². The monoisotopic (exact) mass is 461 g/mol. The van der Waals surface area contributed by atoms with Gasteiger partial charge in [0.05, 0.1) is 4.90 Å². The van der Waals surface area contributed by atoms with Crippen molar-refractivity contribution in [2.75, 3.05) is 24.7 Å². The SMILES string of the molecule is CCN(CC)S(=O)(=O)c1ccc(C)c(N/C(=N\S(=O)(=O)c2cccs2)SC)c1. The second-order valence-electron chi connectivity index (χ2n) is 5.70. The van der Waals surface area contributed by atoms with Crippen molar-refractivity contribution < 1.29 is 16.8 Å². The fourth-order valence-electron chi connectivity index (χ4n) is 2.40. The molecular formula is C17H23N3O4S4. The maximum absolute atomic E-state index is 12.8. The van der Waals surface area contributed by atoms with Gasteiger partial charge in [0.25, 0.3) is 10.0 Å². The van der Waals surface area contributed by atoms with Crippen LogP contribution in [0, 0.1) is 6.92 Å². The summed E-state index contributed by atoms with van der Waals surface area (Å²) in [5.41, 5.74) is 1.26. The lowest BCUT2D eigenvalue weighted by Gasteiger charge is -2.19. The Labute approximate surface area is 175 Å². The highest BCUT2D eigenvalue weighted by Gasteiger charge is 2.23. The van der Waals surface area contributed by atoms with Gasteiger partial charge in [0.2, 0.25) is 10.0 Å². The maximum Gasteiger partial charge on any atom is 0.294 e. The Bertz CT molecular complexity index is 1040. The number of hydrogen-bond donors (Lipinski definition) is 1. The fraction of sp³-hybridized carbons (Fsp3) is 0.353. The maximum atomic E-state index is 12.8. The summed E-state index contributed by atoms with van der Waals surface area (Å²) in [7, 11) is -7.45. The second-order valence-corrected chi connectivity index (χ2v) is 11.2. The third-order valence-corrected chi connectivity index (χ3v) is 9.33. The molecule has 1 aromatic carbocycles. The molecule has 0 unspecified atom stereocenters. The minimum atomic E-state index is -3.82. The molecule has 0 saturated heterocycles. The van der Waals surface area contributed by atoms with Crippen LogP contribution in [0.15, 0.2) is 49.2 Å². The molecule has 0 saturated carbocycles. The predicted molar refractivity (Wildman–Crippen MR) is 117 cm³/mol. The van der Waals surface area contributed by atoms with Gasteiger partial charge in [0.15, 0.2) is 5.17 Å². The quantitative estimate of drug-likeness (QED) is 0.500.